The Bertz CT molecular complexity index is 705. The molecular formula is C22H25NO3. The number of piperidine rings is 1. The number of ether oxygens (including phenoxy) is 2. The van der Waals surface area contributed by atoms with Crippen LogP contribution in [0.2, 0.25) is 0 Å². The lowest BCUT2D eigenvalue weighted by Crippen LogP contribution is -2.50. The predicted octanol–water partition coefficient (Wildman–Crippen LogP) is 4.07. The summed E-state index contributed by atoms with van der Waals surface area (Å²) in [5, 5.41) is 3.79. The number of ketones is 1. The Hall–Kier alpha value is -2.33. The molecule has 0 spiro atoms. The third-order valence-corrected chi connectivity index (χ3v) is 5.87. The Morgan fingerprint density at radius 1 is 0.769 bits per heavy atom. The number of Topliss-reactive ketones (excluding diaryl/α,β-unsaturated/α-hetero) is 1. The van der Waals surface area contributed by atoms with Gasteiger partial charge in [-0.3, -0.25) is 4.79 Å². The minimum absolute atomic E-state index is 0.0528. The predicted molar refractivity (Wildman–Crippen MR) is 100 cm³/mol. The second kappa shape index (κ2) is 7.12. The highest BCUT2D eigenvalue weighted by Gasteiger charge is 2.46. The van der Waals surface area contributed by atoms with Gasteiger partial charge in [-0.15, -0.1) is 0 Å². The molecule has 2 aromatic rings. The lowest BCUT2D eigenvalue weighted by atomic mass is 9.67. The maximum Gasteiger partial charge on any atom is 0.142 e. The Balaban J connectivity index is 1.67. The van der Waals surface area contributed by atoms with Gasteiger partial charge in [-0.1, -0.05) is 30.7 Å². The van der Waals surface area contributed by atoms with E-state index in [0.29, 0.717) is 5.78 Å². The second-order valence-corrected chi connectivity index (χ2v) is 7.21. The van der Waals surface area contributed by atoms with Crippen molar-refractivity contribution in [1.82, 2.24) is 5.32 Å². The lowest BCUT2D eigenvalue weighted by Gasteiger charge is -2.45. The van der Waals surface area contributed by atoms with Gasteiger partial charge in [-0.2, -0.15) is 0 Å². The summed E-state index contributed by atoms with van der Waals surface area (Å²) in [5.74, 6) is 2.22. The summed E-state index contributed by atoms with van der Waals surface area (Å²) < 4.78 is 10.5. The van der Waals surface area contributed by atoms with Gasteiger partial charge >= 0.3 is 0 Å². The Kier molecular flexibility index (Phi) is 4.68. The zero-order valence-corrected chi connectivity index (χ0v) is 15.3. The number of benzene rings is 2. The van der Waals surface area contributed by atoms with Gasteiger partial charge in [0, 0.05) is 23.9 Å². The van der Waals surface area contributed by atoms with E-state index in [4.69, 9.17) is 9.47 Å². The minimum atomic E-state index is 0.0528. The van der Waals surface area contributed by atoms with E-state index in [1.165, 1.54) is 0 Å². The summed E-state index contributed by atoms with van der Waals surface area (Å²) in [5.41, 5.74) is 2.31. The molecule has 1 saturated carbocycles. The highest BCUT2D eigenvalue weighted by molar-refractivity contribution is 5.87. The van der Waals surface area contributed by atoms with Crippen LogP contribution in [0.15, 0.2) is 48.5 Å². The number of carbonyl (C=O) groups is 1. The van der Waals surface area contributed by atoms with E-state index < -0.39 is 0 Å². The van der Waals surface area contributed by atoms with E-state index in [1.807, 2.05) is 24.3 Å². The fourth-order valence-electron chi connectivity index (χ4n) is 4.48. The molecule has 1 aliphatic heterocycles. The van der Waals surface area contributed by atoms with Crippen molar-refractivity contribution in [3.63, 3.8) is 0 Å². The highest BCUT2D eigenvalue weighted by atomic mass is 16.5. The van der Waals surface area contributed by atoms with E-state index in [-0.39, 0.29) is 23.9 Å². The minimum Gasteiger partial charge on any atom is -0.497 e. The largest absolute Gasteiger partial charge is 0.497 e. The van der Waals surface area contributed by atoms with Crippen LogP contribution in [0.4, 0.5) is 0 Å². The quantitative estimate of drug-likeness (QED) is 0.902. The number of nitrogens with one attached hydrogen (secondary N) is 1. The van der Waals surface area contributed by atoms with E-state index in [1.54, 1.807) is 14.2 Å². The van der Waals surface area contributed by atoms with Crippen LogP contribution in [0.5, 0.6) is 11.5 Å². The van der Waals surface area contributed by atoms with Gasteiger partial charge in [-0.05, 0) is 48.2 Å². The first kappa shape index (κ1) is 17.1. The molecule has 1 aliphatic carbocycles. The van der Waals surface area contributed by atoms with Crippen LogP contribution in [-0.2, 0) is 4.79 Å². The molecule has 4 nitrogen and oxygen atoms in total. The van der Waals surface area contributed by atoms with Crippen LogP contribution in [0.1, 0.15) is 42.5 Å². The average Bonchev–Trinajstić information content (AvgIpc) is 2.68. The first-order chi connectivity index (χ1) is 12.7. The summed E-state index contributed by atoms with van der Waals surface area (Å²) in [6.07, 6.45) is 3.05. The summed E-state index contributed by atoms with van der Waals surface area (Å²) >= 11 is 0. The van der Waals surface area contributed by atoms with Crippen molar-refractivity contribution in [2.45, 2.75) is 31.3 Å². The summed E-state index contributed by atoms with van der Waals surface area (Å²) in [7, 11) is 3.34. The van der Waals surface area contributed by atoms with Gasteiger partial charge in [0.1, 0.15) is 17.3 Å². The zero-order chi connectivity index (χ0) is 18.1. The summed E-state index contributed by atoms with van der Waals surface area (Å²) in [4.78, 5) is 13.1. The molecule has 1 saturated heterocycles. The van der Waals surface area contributed by atoms with E-state index in [9.17, 15) is 4.79 Å². The lowest BCUT2D eigenvalue weighted by molar-refractivity contribution is -0.135. The molecule has 26 heavy (non-hydrogen) atoms. The van der Waals surface area contributed by atoms with Crippen molar-refractivity contribution in [3.8, 4) is 11.5 Å². The monoisotopic (exact) mass is 351 g/mol. The molecule has 0 radical (unpaired) electrons. The third kappa shape index (κ3) is 2.99. The molecule has 2 aromatic carbocycles. The van der Waals surface area contributed by atoms with Crippen LogP contribution in [0.25, 0.3) is 0 Å². The summed E-state index contributed by atoms with van der Waals surface area (Å²) in [6.45, 7) is 0. The molecule has 4 rings (SSSR count). The van der Waals surface area contributed by atoms with Crippen LogP contribution in [0.3, 0.4) is 0 Å². The van der Waals surface area contributed by atoms with Crippen molar-refractivity contribution in [3.05, 3.63) is 59.7 Å². The smallest absolute Gasteiger partial charge is 0.142 e. The first-order valence-electron chi connectivity index (χ1n) is 9.29. The maximum absolute atomic E-state index is 13.1. The molecule has 4 unspecified atom stereocenters. The second-order valence-electron chi connectivity index (χ2n) is 7.21. The third-order valence-electron chi connectivity index (χ3n) is 5.87. The molecule has 4 atom stereocenters. The van der Waals surface area contributed by atoms with E-state index in [2.05, 4.69) is 29.6 Å². The fraction of sp³-hybridized carbons (Fsp3) is 0.409. The molecular weight excluding hydrogens is 326 g/mol. The Labute approximate surface area is 154 Å². The van der Waals surface area contributed by atoms with Crippen LogP contribution < -0.4 is 14.8 Å². The van der Waals surface area contributed by atoms with Gasteiger partial charge in [0.15, 0.2) is 0 Å². The zero-order valence-electron chi connectivity index (χ0n) is 15.3. The molecule has 1 heterocycles. The number of hydrogen-bond acceptors (Lipinski definition) is 4. The van der Waals surface area contributed by atoms with E-state index in [0.717, 1.165) is 41.9 Å². The van der Waals surface area contributed by atoms with Gasteiger partial charge in [-0.25, -0.2) is 0 Å². The SMILES string of the molecule is COc1ccc(C2NC(c3ccc(OC)cc3)C3CCCC2C3=O)cc1. The summed E-state index contributed by atoms with van der Waals surface area (Å²) in [6, 6.07) is 16.3. The number of fused-ring (bicyclic) bond motifs is 2. The van der Waals surface area contributed by atoms with Crippen molar-refractivity contribution in [2.75, 3.05) is 14.2 Å². The number of carbonyl (C=O) groups excluding carboxylic acids is 1. The topological polar surface area (TPSA) is 47.6 Å². The molecule has 2 aliphatic rings. The van der Waals surface area contributed by atoms with Crippen molar-refractivity contribution >= 4 is 5.78 Å². The van der Waals surface area contributed by atoms with Gasteiger partial charge < -0.3 is 14.8 Å². The molecule has 4 heteroatoms. The number of hydrogen-bond donors (Lipinski definition) is 1. The highest BCUT2D eigenvalue weighted by Crippen LogP contribution is 2.46. The van der Waals surface area contributed by atoms with Crippen LogP contribution in [0, 0.1) is 11.8 Å². The molecule has 2 fully saturated rings. The molecule has 0 aromatic heterocycles. The molecule has 1 N–H and O–H groups in total. The average molecular weight is 351 g/mol. The molecule has 0 amide bonds. The maximum atomic E-state index is 13.1. The molecule has 2 bridgehead atoms. The molecule has 136 valence electrons. The standard InChI is InChI=1S/C22H25NO3/c1-25-16-10-6-14(7-11-16)20-18-4-3-5-19(22(18)24)21(23-20)15-8-12-17(26-2)13-9-15/h6-13,18-21,23H,3-5H2,1-2H3. The normalized spacial score (nSPS) is 27.8. The van der Waals surface area contributed by atoms with Gasteiger partial charge in [0.2, 0.25) is 0 Å². The number of methoxy groups -OCH3 is 2. The van der Waals surface area contributed by atoms with E-state index >= 15 is 0 Å². The number of rotatable bonds is 4. The Morgan fingerprint density at radius 3 is 1.58 bits per heavy atom. The van der Waals surface area contributed by atoms with Gasteiger partial charge in [0.05, 0.1) is 14.2 Å². The van der Waals surface area contributed by atoms with Crippen LogP contribution >= 0.6 is 0 Å². The Morgan fingerprint density at radius 2 is 1.19 bits per heavy atom. The first-order valence-corrected chi connectivity index (χ1v) is 9.29. The van der Waals surface area contributed by atoms with Gasteiger partial charge in [0.25, 0.3) is 0 Å². The fourth-order valence-corrected chi connectivity index (χ4v) is 4.48. The van der Waals surface area contributed by atoms with Crippen molar-refractivity contribution in [1.29, 1.82) is 0 Å². The van der Waals surface area contributed by atoms with Crippen molar-refractivity contribution < 1.29 is 14.3 Å². The van der Waals surface area contributed by atoms with Crippen LogP contribution in [-0.4, -0.2) is 20.0 Å². The van der Waals surface area contributed by atoms with Crippen molar-refractivity contribution in [2.24, 2.45) is 11.8 Å².